The molecule has 0 spiro atoms. The van der Waals surface area contributed by atoms with Crippen molar-refractivity contribution >= 4 is 23.4 Å². The van der Waals surface area contributed by atoms with Gasteiger partial charge in [0.2, 0.25) is 11.8 Å². The lowest BCUT2D eigenvalue weighted by Gasteiger charge is -2.06. The number of carbonyl (C=O) groups excluding carboxylic acids is 2. The second kappa shape index (κ2) is 9.37. The molecule has 0 aliphatic carbocycles. The molecule has 1 rings (SSSR count). The predicted octanol–water partition coefficient (Wildman–Crippen LogP) is 2.31. The number of aryl methyl sites for hydroxylation is 1. The number of unbranched alkanes of at least 4 members (excludes halogenated alkanes) is 1. The molecule has 1 aromatic carbocycles. The number of hydrogen-bond acceptors (Lipinski definition) is 2. The second-order valence-corrected chi connectivity index (χ2v) is 5.11. The van der Waals surface area contributed by atoms with Crippen LogP contribution in [0.3, 0.4) is 0 Å². The Morgan fingerprint density at radius 2 is 1.85 bits per heavy atom. The Kier molecular flexibility index (Phi) is 7.73. The van der Waals surface area contributed by atoms with E-state index < -0.39 is 0 Å². The molecule has 0 saturated carbocycles. The minimum Gasteiger partial charge on any atom is -0.356 e. The topological polar surface area (TPSA) is 58.2 Å². The number of carbonyl (C=O) groups is 2. The lowest BCUT2D eigenvalue weighted by atomic mass is 10.1. The largest absolute Gasteiger partial charge is 0.356 e. The highest BCUT2D eigenvalue weighted by molar-refractivity contribution is 6.30. The molecule has 0 atom stereocenters. The summed E-state index contributed by atoms with van der Waals surface area (Å²) in [5, 5.41) is 6.29. The third-order valence-electron chi connectivity index (χ3n) is 2.83. The molecule has 0 radical (unpaired) electrons. The third kappa shape index (κ3) is 7.79. The highest BCUT2D eigenvalue weighted by Crippen LogP contribution is 2.11. The summed E-state index contributed by atoms with van der Waals surface area (Å²) in [5.74, 6) is 0.0278. The fourth-order valence-electron chi connectivity index (χ4n) is 1.78. The Balaban J connectivity index is 2.07. The molecule has 2 amide bonds. The van der Waals surface area contributed by atoms with Gasteiger partial charge >= 0.3 is 0 Å². The summed E-state index contributed by atoms with van der Waals surface area (Å²) in [7, 11) is 0. The van der Waals surface area contributed by atoms with Crippen LogP contribution in [0.2, 0.25) is 5.02 Å². The fraction of sp³-hybridized carbons (Fsp3) is 0.467. The summed E-state index contributed by atoms with van der Waals surface area (Å²) in [5.41, 5.74) is 1.07. The monoisotopic (exact) mass is 296 g/mol. The summed E-state index contributed by atoms with van der Waals surface area (Å²) in [6.07, 6.45) is 2.89. The average Bonchev–Trinajstić information content (AvgIpc) is 2.40. The number of amides is 2. The summed E-state index contributed by atoms with van der Waals surface area (Å²) in [4.78, 5) is 22.3. The molecular weight excluding hydrogens is 276 g/mol. The van der Waals surface area contributed by atoms with Gasteiger partial charge in [0.1, 0.15) is 0 Å². The van der Waals surface area contributed by atoms with E-state index in [1.807, 2.05) is 24.3 Å². The molecule has 0 aliphatic rings. The lowest BCUT2D eigenvalue weighted by Crippen LogP contribution is -2.26. The van der Waals surface area contributed by atoms with E-state index in [0.29, 0.717) is 31.0 Å². The van der Waals surface area contributed by atoms with Gasteiger partial charge in [0, 0.05) is 31.5 Å². The van der Waals surface area contributed by atoms with E-state index in [9.17, 15) is 9.59 Å². The molecule has 0 heterocycles. The van der Waals surface area contributed by atoms with Crippen molar-refractivity contribution in [1.82, 2.24) is 10.6 Å². The number of halogens is 1. The Bertz CT molecular complexity index is 449. The van der Waals surface area contributed by atoms with Gasteiger partial charge in [-0.15, -0.1) is 0 Å². The van der Waals surface area contributed by atoms with Crippen molar-refractivity contribution in [2.75, 3.05) is 13.1 Å². The lowest BCUT2D eigenvalue weighted by molar-refractivity contribution is -0.121. The SMILES string of the molecule is CC(=O)NCCCCNC(=O)CCc1cccc(Cl)c1. The van der Waals surface area contributed by atoms with Crippen LogP contribution in [0.1, 0.15) is 31.7 Å². The summed E-state index contributed by atoms with van der Waals surface area (Å²) < 4.78 is 0. The molecule has 0 saturated heterocycles. The third-order valence-corrected chi connectivity index (χ3v) is 3.06. The van der Waals surface area contributed by atoms with Gasteiger partial charge in [-0.1, -0.05) is 23.7 Å². The van der Waals surface area contributed by atoms with Gasteiger partial charge in [-0.25, -0.2) is 0 Å². The van der Waals surface area contributed by atoms with E-state index >= 15 is 0 Å². The van der Waals surface area contributed by atoms with Gasteiger partial charge in [0.05, 0.1) is 0 Å². The van der Waals surface area contributed by atoms with Crippen molar-refractivity contribution in [3.05, 3.63) is 34.9 Å². The van der Waals surface area contributed by atoms with Crippen LogP contribution in [0.25, 0.3) is 0 Å². The van der Waals surface area contributed by atoms with E-state index in [1.165, 1.54) is 6.92 Å². The molecule has 0 aliphatic heterocycles. The molecule has 20 heavy (non-hydrogen) atoms. The van der Waals surface area contributed by atoms with Crippen LogP contribution in [0.5, 0.6) is 0 Å². The molecule has 4 nitrogen and oxygen atoms in total. The Morgan fingerprint density at radius 3 is 2.50 bits per heavy atom. The standard InChI is InChI=1S/C15H21ClN2O2/c1-12(19)17-9-2-3-10-18-15(20)8-7-13-5-4-6-14(16)11-13/h4-6,11H,2-3,7-10H2,1H3,(H,17,19)(H,18,20). The molecule has 110 valence electrons. The Labute approximate surface area is 124 Å². The zero-order valence-corrected chi connectivity index (χ0v) is 12.5. The minimum absolute atomic E-state index is 0.0180. The summed E-state index contributed by atoms with van der Waals surface area (Å²) in [6.45, 7) is 2.80. The van der Waals surface area contributed by atoms with Crippen LogP contribution in [-0.4, -0.2) is 24.9 Å². The molecule has 0 bridgehead atoms. The van der Waals surface area contributed by atoms with Crippen LogP contribution < -0.4 is 10.6 Å². The Hall–Kier alpha value is -1.55. The van der Waals surface area contributed by atoms with Crippen molar-refractivity contribution in [2.24, 2.45) is 0 Å². The number of hydrogen-bond donors (Lipinski definition) is 2. The van der Waals surface area contributed by atoms with E-state index in [1.54, 1.807) is 0 Å². The first kappa shape index (κ1) is 16.5. The number of benzene rings is 1. The fourth-order valence-corrected chi connectivity index (χ4v) is 1.99. The zero-order chi connectivity index (χ0) is 14.8. The molecule has 0 unspecified atom stereocenters. The minimum atomic E-state index is -0.0180. The van der Waals surface area contributed by atoms with E-state index in [4.69, 9.17) is 11.6 Å². The summed E-state index contributed by atoms with van der Waals surface area (Å²) in [6, 6.07) is 7.55. The van der Waals surface area contributed by atoms with Gasteiger partial charge in [-0.2, -0.15) is 0 Å². The Morgan fingerprint density at radius 1 is 1.15 bits per heavy atom. The van der Waals surface area contributed by atoms with E-state index in [0.717, 1.165) is 18.4 Å². The van der Waals surface area contributed by atoms with Crippen LogP contribution >= 0.6 is 11.6 Å². The zero-order valence-electron chi connectivity index (χ0n) is 11.7. The average molecular weight is 297 g/mol. The first-order chi connectivity index (χ1) is 9.58. The predicted molar refractivity (Wildman–Crippen MR) is 80.7 cm³/mol. The van der Waals surface area contributed by atoms with Gasteiger partial charge in [0.25, 0.3) is 0 Å². The normalized spacial score (nSPS) is 10.1. The van der Waals surface area contributed by atoms with E-state index in [2.05, 4.69) is 10.6 Å². The van der Waals surface area contributed by atoms with Crippen molar-refractivity contribution in [3.8, 4) is 0 Å². The van der Waals surface area contributed by atoms with Gasteiger partial charge in [-0.05, 0) is 37.0 Å². The van der Waals surface area contributed by atoms with Crippen molar-refractivity contribution < 1.29 is 9.59 Å². The second-order valence-electron chi connectivity index (χ2n) is 4.67. The molecule has 5 heteroatoms. The highest BCUT2D eigenvalue weighted by Gasteiger charge is 2.02. The van der Waals surface area contributed by atoms with Gasteiger partial charge in [-0.3, -0.25) is 9.59 Å². The van der Waals surface area contributed by atoms with Crippen LogP contribution in [0.15, 0.2) is 24.3 Å². The van der Waals surface area contributed by atoms with Crippen LogP contribution in [-0.2, 0) is 16.0 Å². The van der Waals surface area contributed by atoms with Crippen molar-refractivity contribution in [1.29, 1.82) is 0 Å². The van der Waals surface area contributed by atoms with Gasteiger partial charge < -0.3 is 10.6 Å². The maximum atomic E-state index is 11.6. The first-order valence-corrected chi connectivity index (χ1v) is 7.21. The molecule has 0 fully saturated rings. The number of rotatable bonds is 8. The van der Waals surface area contributed by atoms with Crippen LogP contribution in [0, 0.1) is 0 Å². The van der Waals surface area contributed by atoms with Gasteiger partial charge in [0.15, 0.2) is 0 Å². The number of nitrogens with one attached hydrogen (secondary N) is 2. The smallest absolute Gasteiger partial charge is 0.220 e. The maximum Gasteiger partial charge on any atom is 0.220 e. The van der Waals surface area contributed by atoms with Crippen LogP contribution in [0.4, 0.5) is 0 Å². The molecule has 0 aromatic heterocycles. The molecular formula is C15H21ClN2O2. The maximum absolute atomic E-state index is 11.6. The quantitative estimate of drug-likeness (QED) is 0.723. The molecule has 1 aromatic rings. The summed E-state index contributed by atoms with van der Waals surface area (Å²) >= 11 is 5.88. The van der Waals surface area contributed by atoms with Crippen molar-refractivity contribution in [2.45, 2.75) is 32.6 Å². The highest BCUT2D eigenvalue weighted by atomic mass is 35.5. The van der Waals surface area contributed by atoms with Crippen molar-refractivity contribution in [3.63, 3.8) is 0 Å². The van der Waals surface area contributed by atoms with E-state index in [-0.39, 0.29) is 11.8 Å². The first-order valence-electron chi connectivity index (χ1n) is 6.83. The molecule has 2 N–H and O–H groups in total.